The molecule has 40 heavy (non-hydrogen) atoms. The lowest BCUT2D eigenvalue weighted by Crippen LogP contribution is -2.18. The molecule has 5 aromatic rings. The molecular formula is C38H29OP. The maximum Gasteiger partial charge on any atom is 0.171 e. The number of fused-ring (bicyclic) bond motifs is 1. The van der Waals surface area contributed by atoms with Crippen molar-refractivity contribution in [2.75, 3.05) is 0 Å². The second-order valence-corrected chi connectivity index (χ2v) is 13.1. The zero-order valence-electron chi connectivity index (χ0n) is 22.2. The molecule has 0 spiro atoms. The van der Waals surface area contributed by atoms with E-state index < -0.39 is 7.14 Å². The highest BCUT2D eigenvalue weighted by Gasteiger charge is 2.45. The minimum atomic E-state index is -3.23. The van der Waals surface area contributed by atoms with Gasteiger partial charge in [-0.2, -0.15) is 0 Å². The summed E-state index contributed by atoms with van der Waals surface area (Å²) in [7, 11) is -3.23. The van der Waals surface area contributed by atoms with Crippen LogP contribution >= 0.6 is 7.14 Å². The van der Waals surface area contributed by atoms with Gasteiger partial charge in [0.1, 0.15) is 0 Å². The van der Waals surface area contributed by atoms with Crippen molar-refractivity contribution in [1.29, 1.82) is 0 Å². The minimum Gasteiger partial charge on any atom is -0.309 e. The Hall–Kier alpha value is -4.45. The van der Waals surface area contributed by atoms with Crippen LogP contribution in [0.2, 0.25) is 0 Å². The highest BCUT2D eigenvalue weighted by Crippen LogP contribution is 2.66. The smallest absolute Gasteiger partial charge is 0.171 e. The molecule has 7 rings (SSSR count). The Labute approximate surface area is 236 Å². The Morgan fingerprint density at radius 2 is 1.15 bits per heavy atom. The van der Waals surface area contributed by atoms with Crippen molar-refractivity contribution in [2.45, 2.75) is 12.3 Å². The van der Waals surface area contributed by atoms with Crippen LogP contribution in [0.1, 0.15) is 34.6 Å². The number of benzene rings is 5. The van der Waals surface area contributed by atoms with Gasteiger partial charge in [-0.15, -0.1) is 0 Å². The third-order valence-electron chi connectivity index (χ3n) is 7.95. The third kappa shape index (κ3) is 4.34. The van der Waals surface area contributed by atoms with Crippen LogP contribution in [-0.2, 0) is 4.57 Å². The average molecular weight is 533 g/mol. The molecule has 1 atom stereocenters. The van der Waals surface area contributed by atoms with E-state index in [4.69, 9.17) is 0 Å². The summed E-state index contributed by atoms with van der Waals surface area (Å²) in [5, 5.41) is 2.74. The van der Waals surface area contributed by atoms with Crippen molar-refractivity contribution in [3.05, 3.63) is 184 Å². The van der Waals surface area contributed by atoms with Gasteiger partial charge in [-0.05, 0) is 57.5 Å². The maximum atomic E-state index is 16.0. The third-order valence-corrected chi connectivity index (χ3v) is 11.2. The fraction of sp³-hybridized carbons (Fsp3) is 0.0526. The lowest BCUT2D eigenvalue weighted by molar-refractivity contribution is 0.591. The van der Waals surface area contributed by atoms with Crippen molar-refractivity contribution < 1.29 is 4.57 Å². The zero-order valence-corrected chi connectivity index (χ0v) is 23.0. The van der Waals surface area contributed by atoms with Crippen LogP contribution in [0.4, 0.5) is 0 Å². The highest BCUT2D eigenvalue weighted by molar-refractivity contribution is 7.82. The summed E-state index contributed by atoms with van der Waals surface area (Å²) in [5.74, 6) is 0.263. The van der Waals surface area contributed by atoms with Gasteiger partial charge in [0.15, 0.2) is 7.14 Å². The Balaban J connectivity index is 1.52. The van der Waals surface area contributed by atoms with Gasteiger partial charge in [0.2, 0.25) is 0 Å². The van der Waals surface area contributed by atoms with E-state index in [9.17, 15) is 0 Å². The summed E-state index contributed by atoms with van der Waals surface area (Å²) in [6.07, 6.45) is 5.44. The first kappa shape index (κ1) is 24.6. The fourth-order valence-corrected chi connectivity index (χ4v) is 9.14. The first-order valence-corrected chi connectivity index (χ1v) is 15.5. The molecule has 1 fully saturated rings. The van der Waals surface area contributed by atoms with Crippen molar-refractivity contribution in [1.82, 2.24) is 0 Å². The first-order chi connectivity index (χ1) is 19.7. The SMILES string of the molecule is O=P(/C(C1=Cc2ccccc2/C1=C\c1ccccc1)=C1/CC1c1ccccc1)(c1ccccc1)c1ccccc1. The number of hydrogen-bond acceptors (Lipinski definition) is 1. The van der Waals surface area contributed by atoms with E-state index in [2.05, 4.69) is 91.0 Å². The lowest BCUT2D eigenvalue weighted by atomic mass is 9.99. The van der Waals surface area contributed by atoms with E-state index in [1.54, 1.807) is 0 Å². The molecular weight excluding hydrogens is 503 g/mol. The van der Waals surface area contributed by atoms with E-state index in [-0.39, 0.29) is 5.92 Å². The van der Waals surface area contributed by atoms with Crippen molar-refractivity contribution in [2.24, 2.45) is 0 Å². The normalized spacial score (nSPS) is 18.2. The summed E-state index contributed by atoms with van der Waals surface area (Å²) in [6.45, 7) is 0. The molecule has 0 aromatic heterocycles. The molecule has 0 N–H and O–H groups in total. The van der Waals surface area contributed by atoms with Crippen molar-refractivity contribution in [3.8, 4) is 0 Å². The number of allylic oxidation sites excluding steroid dienone is 4. The lowest BCUT2D eigenvalue weighted by Gasteiger charge is -2.25. The van der Waals surface area contributed by atoms with Crippen LogP contribution in [0.25, 0.3) is 17.7 Å². The predicted molar refractivity (Wildman–Crippen MR) is 169 cm³/mol. The van der Waals surface area contributed by atoms with Gasteiger partial charge in [-0.3, -0.25) is 0 Å². The molecule has 0 aliphatic heterocycles. The summed E-state index contributed by atoms with van der Waals surface area (Å²) in [5.41, 5.74) is 8.26. The molecule has 5 aromatic carbocycles. The van der Waals surface area contributed by atoms with E-state index in [0.29, 0.717) is 0 Å². The van der Waals surface area contributed by atoms with E-state index >= 15 is 4.57 Å². The Bertz CT molecular complexity index is 1770. The summed E-state index contributed by atoms with van der Waals surface area (Å²) in [6, 6.07) is 49.8. The van der Waals surface area contributed by atoms with Crippen LogP contribution in [0.3, 0.4) is 0 Å². The standard InChI is InChI=1S/C38H29OP/c39-40(31-20-9-3-10-21-31,32-22-11-4-12-23-32)38(37-27-34(37)29-17-7-2-8-18-29)36-26-30-19-13-14-24-33(30)35(36)25-28-15-5-1-6-16-28/h1-26,34H,27H2/b35-25+,38-37-. The van der Waals surface area contributed by atoms with Gasteiger partial charge in [0, 0.05) is 21.8 Å². The predicted octanol–water partition coefficient (Wildman–Crippen LogP) is 9.08. The van der Waals surface area contributed by atoms with E-state index in [1.807, 2.05) is 66.7 Å². The molecule has 1 nitrogen and oxygen atoms in total. The van der Waals surface area contributed by atoms with E-state index in [0.717, 1.165) is 39.1 Å². The number of hydrogen-bond donors (Lipinski definition) is 0. The molecule has 2 aliphatic carbocycles. The van der Waals surface area contributed by atoms with Crippen molar-refractivity contribution >= 4 is 35.5 Å². The minimum absolute atomic E-state index is 0.263. The monoisotopic (exact) mass is 532 g/mol. The Morgan fingerprint density at radius 1 is 0.625 bits per heavy atom. The molecule has 0 saturated heterocycles. The summed E-state index contributed by atoms with van der Waals surface area (Å²) < 4.78 is 16.0. The Kier molecular flexibility index (Phi) is 6.31. The largest absolute Gasteiger partial charge is 0.309 e. The molecule has 1 unspecified atom stereocenters. The van der Waals surface area contributed by atoms with Crippen LogP contribution in [0.5, 0.6) is 0 Å². The molecule has 0 heterocycles. The van der Waals surface area contributed by atoms with Crippen LogP contribution in [0.15, 0.2) is 162 Å². The molecule has 2 aliphatic rings. The molecule has 2 heteroatoms. The van der Waals surface area contributed by atoms with E-state index in [1.165, 1.54) is 22.3 Å². The van der Waals surface area contributed by atoms with Crippen LogP contribution in [0, 0.1) is 0 Å². The number of rotatable bonds is 6. The maximum absolute atomic E-state index is 16.0. The average Bonchev–Trinajstić information content (AvgIpc) is 3.74. The van der Waals surface area contributed by atoms with Crippen molar-refractivity contribution in [3.63, 3.8) is 0 Å². The summed E-state index contributed by atoms with van der Waals surface area (Å²) in [4.78, 5) is 0. The molecule has 1 saturated carbocycles. The second-order valence-electron chi connectivity index (χ2n) is 10.4. The molecule has 0 bridgehead atoms. The molecule has 0 radical (unpaired) electrons. The topological polar surface area (TPSA) is 17.1 Å². The van der Waals surface area contributed by atoms with Gasteiger partial charge in [-0.1, -0.05) is 146 Å². The fourth-order valence-electron chi connectivity index (χ4n) is 5.97. The van der Waals surface area contributed by atoms with Gasteiger partial charge in [0.25, 0.3) is 0 Å². The second kappa shape index (κ2) is 10.3. The molecule has 192 valence electrons. The van der Waals surface area contributed by atoms with Gasteiger partial charge in [0.05, 0.1) is 0 Å². The molecule has 0 amide bonds. The van der Waals surface area contributed by atoms with Crippen LogP contribution < -0.4 is 10.6 Å². The quantitative estimate of drug-likeness (QED) is 0.199. The zero-order chi connectivity index (χ0) is 26.9. The van der Waals surface area contributed by atoms with Crippen LogP contribution in [-0.4, -0.2) is 0 Å². The van der Waals surface area contributed by atoms with Gasteiger partial charge in [-0.25, -0.2) is 0 Å². The van der Waals surface area contributed by atoms with Gasteiger partial charge >= 0.3 is 0 Å². The van der Waals surface area contributed by atoms with Gasteiger partial charge < -0.3 is 4.57 Å². The highest BCUT2D eigenvalue weighted by atomic mass is 31.2. The Morgan fingerprint density at radius 3 is 1.77 bits per heavy atom. The first-order valence-electron chi connectivity index (χ1n) is 13.8. The summed E-state index contributed by atoms with van der Waals surface area (Å²) >= 11 is 0.